The Labute approximate surface area is 140 Å². The van der Waals surface area contributed by atoms with Gasteiger partial charge in [0.1, 0.15) is 5.75 Å². The molecule has 1 aromatic carbocycles. The second kappa shape index (κ2) is 10.5. The molecule has 0 saturated carbocycles. The third-order valence-corrected chi connectivity index (χ3v) is 4.47. The molecule has 1 aromatic rings. The van der Waals surface area contributed by atoms with Crippen molar-refractivity contribution in [2.24, 2.45) is 0 Å². The number of aryl methyl sites for hydroxylation is 1. The zero-order valence-electron chi connectivity index (χ0n) is 14.3. The van der Waals surface area contributed by atoms with Crippen LogP contribution < -0.4 is 0 Å². The van der Waals surface area contributed by atoms with Gasteiger partial charge in [0.2, 0.25) is 0 Å². The second-order valence-electron chi connectivity index (χ2n) is 6.22. The van der Waals surface area contributed by atoms with E-state index in [2.05, 4.69) is 38.1 Å². The first-order valence-electron chi connectivity index (χ1n) is 7.35. The largest absolute Gasteiger partial charge is 0.508 e. The van der Waals surface area contributed by atoms with Gasteiger partial charge in [0.25, 0.3) is 0 Å². The van der Waals surface area contributed by atoms with Crippen LogP contribution in [0.2, 0.25) is 0 Å². The van der Waals surface area contributed by atoms with E-state index in [0.717, 1.165) is 12.0 Å². The number of hydrogen-bond acceptors (Lipinski definition) is 6. The van der Waals surface area contributed by atoms with Crippen LogP contribution in [-0.2, 0) is 16.1 Å². The molecule has 0 aliphatic carbocycles. The molecule has 0 amide bonds. The summed E-state index contributed by atoms with van der Waals surface area (Å²) in [5.74, 6) is 0.443. The predicted molar refractivity (Wildman–Crippen MR) is 94.0 cm³/mol. The first-order valence-corrected chi connectivity index (χ1v) is 9.68. The number of rotatable bonds is 5. The molecular weight excluding hydrogens is 338 g/mol. The quantitative estimate of drug-likeness (QED) is 0.508. The second-order valence-corrected chi connectivity index (χ2v) is 7.88. The van der Waals surface area contributed by atoms with E-state index in [1.165, 1.54) is 24.0 Å². The molecule has 0 spiro atoms. The van der Waals surface area contributed by atoms with Crippen molar-refractivity contribution < 1.29 is 29.0 Å². The van der Waals surface area contributed by atoms with Crippen LogP contribution in [0.5, 0.6) is 5.75 Å². The van der Waals surface area contributed by atoms with Crippen LogP contribution in [-0.4, -0.2) is 24.7 Å². The van der Waals surface area contributed by atoms with E-state index in [0.29, 0.717) is 5.75 Å². The lowest BCUT2D eigenvalue weighted by Crippen LogP contribution is -2.12. The average Bonchev–Trinajstić information content (AvgIpc) is 2.38. The fraction of sp³-hybridized carbons (Fsp3) is 0.600. The molecule has 8 heteroatoms. The molecule has 0 bridgehead atoms. The summed E-state index contributed by atoms with van der Waals surface area (Å²) < 4.78 is 3.60. The Morgan fingerprint density at radius 1 is 1.04 bits per heavy atom. The lowest BCUT2D eigenvalue weighted by atomic mass is 9.84. The minimum Gasteiger partial charge on any atom is -0.508 e. The van der Waals surface area contributed by atoms with Crippen molar-refractivity contribution in [3.63, 3.8) is 0 Å². The predicted octanol–water partition coefficient (Wildman–Crippen LogP) is 3.77. The number of phenolic OH excluding ortho intramolecular Hbond substituents is 1. The minimum absolute atomic E-state index is 0.103. The van der Waals surface area contributed by atoms with Gasteiger partial charge in [-0.2, -0.15) is 0 Å². The van der Waals surface area contributed by atoms with Crippen LogP contribution in [0.15, 0.2) is 12.1 Å². The first kappa shape index (κ1) is 22.7. The molecule has 0 atom stereocenters. The third kappa shape index (κ3) is 9.53. The topological polar surface area (TPSA) is 110 Å². The lowest BCUT2D eigenvalue weighted by molar-refractivity contribution is 0.324. The normalized spacial score (nSPS) is 11.6. The average molecular weight is 366 g/mol. The molecule has 23 heavy (non-hydrogen) atoms. The molecule has 1 rings (SSSR count). The molecular formula is C15H28O6P2. The van der Waals surface area contributed by atoms with Gasteiger partial charge in [-0.15, -0.1) is 0 Å². The van der Waals surface area contributed by atoms with Gasteiger partial charge in [0, 0.05) is 0 Å². The number of aromatic hydroxyl groups is 1. The van der Waals surface area contributed by atoms with Crippen LogP contribution >= 0.6 is 17.2 Å². The highest BCUT2D eigenvalue weighted by atomic mass is 31.2. The third-order valence-electron chi connectivity index (χ3n) is 3.30. The SMILES string of the molecule is CCCCc1cc(C(C)(C)C)cc(O)c1C.OP(O)OP(O)O. The summed E-state index contributed by atoms with van der Waals surface area (Å²) in [4.78, 5) is 31.3. The number of phenols is 1. The summed E-state index contributed by atoms with van der Waals surface area (Å²) in [7, 11) is -5.22. The van der Waals surface area contributed by atoms with Gasteiger partial charge in [0.05, 0.1) is 0 Å². The monoisotopic (exact) mass is 366 g/mol. The van der Waals surface area contributed by atoms with E-state index in [1.54, 1.807) is 0 Å². The Morgan fingerprint density at radius 2 is 1.57 bits per heavy atom. The summed E-state index contributed by atoms with van der Waals surface area (Å²) >= 11 is 0. The number of benzene rings is 1. The Balaban J connectivity index is 0.000000585. The maximum absolute atomic E-state index is 9.94. The molecule has 5 N–H and O–H groups in total. The minimum atomic E-state index is -2.61. The van der Waals surface area contributed by atoms with Crippen LogP contribution in [0.25, 0.3) is 0 Å². The zero-order valence-corrected chi connectivity index (χ0v) is 16.1. The molecule has 0 aliphatic heterocycles. The van der Waals surface area contributed by atoms with Crippen LogP contribution in [0.1, 0.15) is 57.2 Å². The summed E-state index contributed by atoms with van der Waals surface area (Å²) in [5, 5.41) is 9.94. The molecule has 134 valence electrons. The molecule has 6 nitrogen and oxygen atoms in total. The highest BCUT2D eigenvalue weighted by molar-refractivity contribution is 7.53. The highest BCUT2D eigenvalue weighted by Gasteiger charge is 2.16. The van der Waals surface area contributed by atoms with Crippen molar-refractivity contribution in [1.82, 2.24) is 0 Å². The first-order chi connectivity index (χ1) is 10.5. The molecule has 0 fully saturated rings. The van der Waals surface area contributed by atoms with Gasteiger partial charge in [-0.05, 0) is 47.9 Å². The van der Waals surface area contributed by atoms with Gasteiger partial charge in [-0.1, -0.05) is 40.2 Å². The molecule has 0 aliphatic rings. The number of hydrogen-bond donors (Lipinski definition) is 5. The van der Waals surface area contributed by atoms with Gasteiger partial charge in [-0.25, -0.2) is 4.31 Å². The van der Waals surface area contributed by atoms with Crippen LogP contribution in [0.3, 0.4) is 0 Å². The van der Waals surface area contributed by atoms with Crippen molar-refractivity contribution in [3.05, 3.63) is 28.8 Å². The maximum Gasteiger partial charge on any atom is 0.334 e. The molecule has 0 unspecified atom stereocenters. The smallest absolute Gasteiger partial charge is 0.334 e. The van der Waals surface area contributed by atoms with Gasteiger partial charge in [0.15, 0.2) is 0 Å². The molecule has 0 saturated heterocycles. The summed E-state index contributed by atoms with van der Waals surface area (Å²) in [6, 6.07) is 4.16. The molecule has 0 heterocycles. The zero-order chi connectivity index (χ0) is 18.2. The maximum atomic E-state index is 9.94. The summed E-state index contributed by atoms with van der Waals surface area (Å²) in [5.41, 5.74) is 3.67. The number of unbranched alkanes of at least 4 members (excludes halogenated alkanes) is 1. The van der Waals surface area contributed by atoms with Crippen molar-refractivity contribution >= 4 is 17.2 Å². The Hall–Kier alpha value is -0.320. The summed E-state index contributed by atoms with van der Waals surface area (Å²) in [6.07, 6.45) is 3.45. The molecule has 0 aromatic heterocycles. The van der Waals surface area contributed by atoms with Crippen LogP contribution in [0.4, 0.5) is 0 Å². The van der Waals surface area contributed by atoms with Gasteiger partial charge >= 0.3 is 17.2 Å². The summed E-state index contributed by atoms with van der Waals surface area (Å²) in [6.45, 7) is 10.7. The van der Waals surface area contributed by atoms with Crippen molar-refractivity contribution in [2.75, 3.05) is 0 Å². The van der Waals surface area contributed by atoms with E-state index in [4.69, 9.17) is 19.6 Å². The van der Waals surface area contributed by atoms with E-state index in [1.807, 2.05) is 13.0 Å². The Kier molecular flexibility index (Phi) is 10.4. The van der Waals surface area contributed by atoms with E-state index in [9.17, 15) is 5.11 Å². The van der Waals surface area contributed by atoms with Crippen molar-refractivity contribution in [1.29, 1.82) is 0 Å². The van der Waals surface area contributed by atoms with Gasteiger partial charge in [-0.3, -0.25) is 0 Å². The van der Waals surface area contributed by atoms with E-state index in [-0.39, 0.29) is 5.41 Å². The fourth-order valence-corrected chi connectivity index (χ4v) is 2.41. The van der Waals surface area contributed by atoms with Crippen molar-refractivity contribution in [2.45, 2.75) is 59.3 Å². The van der Waals surface area contributed by atoms with Gasteiger partial charge < -0.3 is 24.7 Å². The highest BCUT2D eigenvalue weighted by Crippen LogP contribution is 2.41. The Bertz CT molecular complexity index is 466. The lowest BCUT2D eigenvalue weighted by Gasteiger charge is -2.21. The van der Waals surface area contributed by atoms with Crippen molar-refractivity contribution in [3.8, 4) is 5.75 Å². The Morgan fingerprint density at radius 3 is 1.91 bits per heavy atom. The standard InChI is InChI=1S/C15H24O.H4O5P2/c1-6-7-8-12-9-13(15(3,4)5)10-14(16)11(12)2;1-6(2)5-7(3)4/h9-10,16H,6-8H2,1-5H3;1-4H. The van der Waals surface area contributed by atoms with E-state index < -0.39 is 17.2 Å². The molecule has 0 radical (unpaired) electrons. The van der Waals surface area contributed by atoms with E-state index >= 15 is 0 Å². The fourth-order valence-electron chi connectivity index (χ4n) is 1.88. The van der Waals surface area contributed by atoms with Crippen LogP contribution in [0, 0.1) is 6.92 Å².